The van der Waals surface area contributed by atoms with E-state index in [1.54, 1.807) is 30.3 Å². The normalized spacial score (nSPS) is 10.3. The van der Waals surface area contributed by atoms with E-state index in [0.717, 1.165) is 16.5 Å². The maximum atomic E-state index is 12.2. The van der Waals surface area contributed by atoms with Gasteiger partial charge < -0.3 is 14.8 Å². The van der Waals surface area contributed by atoms with E-state index in [0.29, 0.717) is 31.1 Å². The Kier molecular flexibility index (Phi) is 5.88. The van der Waals surface area contributed by atoms with Crippen molar-refractivity contribution in [3.05, 3.63) is 84.9 Å². The summed E-state index contributed by atoms with van der Waals surface area (Å²) in [5.41, 5.74) is 0.584. The van der Waals surface area contributed by atoms with E-state index < -0.39 is 0 Å². The monoisotopic (exact) mass is 347 g/mol. The number of nitrogens with one attached hydrogen (secondary N) is 1. The first kappa shape index (κ1) is 17.5. The largest absolute Gasteiger partial charge is 0.491 e. The first-order valence-corrected chi connectivity index (χ1v) is 8.50. The van der Waals surface area contributed by atoms with Crippen LogP contribution in [0.4, 0.5) is 0 Å². The molecule has 0 bridgehead atoms. The summed E-state index contributed by atoms with van der Waals surface area (Å²) in [5, 5.41) is 5.06. The van der Waals surface area contributed by atoms with Gasteiger partial charge in [-0.3, -0.25) is 4.79 Å². The van der Waals surface area contributed by atoms with Gasteiger partial charge >= 0.3 is 0 Å². The van der Waals surface area contributed by atoms with Crippen molar-refractivity contribution in [1.29, 1.82) is 0 Å². The highest BCUT2D eigenvalue weighted by molar-refractivity contribution is 5.94. The van der Waals surface area contributed by atoms with Crippen LogP contribution in [-0.2, 0) is 0 Å². The Balaban J connectivity index is 1.50. The summed E-state index contributed by atoms with van der Waals surface area (Å²) in [6.45, 7) is 4.87. The summed E-state index contributed by atoms with van der Waals surface area (Å²) in [6.07, 6.45) is 1.68. The zero-order chi connectivity index (χ0) is 18.2. The third-order valence-electron chi connectivity index (χ3n) is 3.88. The molecule has 3 rings (SSSR count). The van der Waals surface area contributed by atoms with Crippen LogP contribution in [0.3, 0.4) is 0 Å². The standard InChI is InChI=1S/C22H21NO3/c1-2-15-25-19-12-10-18(11-13-19)22(24)23-14-16-26-21-9-5-7-17-6-3-4-8-20(17)21/h2-13H,1,14-16H2,(H,23,24). The Morgan fingerprint density at radius 1 is 0.962 bits per heavy atom. The van der Waals surface area contributed by atoms with Gasteiger partial charge in [0.15, 0.2) is 0 Å². The van der Waals surface area contributed by atoms with Crippen LogP contribution in [0.2, 0.25) is 0 Å². The second-order valence-electron chi connectivity index (χ2n) is 5.71. The molecule has 3 aromatic carbocycles. The molecule has 0 heterocycles. The summed E-state index contributed by atoms with van der Waals surface area (Å²) in [7, 11) is 0. The Morgan fingerprint density at radius 2 is 1.73 bits per heavy atom. The lowest BCUT2D eigenvalue weighted by Crippen LogP contribution is -2.28. The minimum Gasteiger partial charge on any atom is -0.491 e. The molecule has 4 nitrogen and oxygen atoms in total. The molecule has 0 radical (unpaired) electrons. The maximum Gasteiger partial charge on any atom is 0.251 e. The Morgan fingerprint density at radius 3 is 2.54 bits per heavy atom. The Hall–Kier alpha value is -3.27. The topological polar surface area (TPSA) is 47.6 Å². The number of carbonyl (C=O) groups excluding carboxylic acids is 1. The number of hydrogen-bond donors (Lipinski definition) is 1. The molecule has 0 spiro atoms. The number of ether oxygens (including phenoxy) is 2. The molecule has 132 valence electrons. The van der Waals surface area contributed by atoms with Crippen LogP contribution in [0.1, 0.15) is 10.4 Å². The number of amides is 1. The third kappa shape index (κ3) is 4.42. The highest BCUT2D eigenvalue weighted by Gasteiger charge is 2.06. The van der Waals surface area contributed by atoms with Crippen molar-refractivity contribution in [3.63, 3.8) is 0 Å². The van der Waals surface area contributed by atoms with Gasteiger partial charge in [-0.15, -0.1) is 0 Å². The minimum absolute atomic E-state index is 0.137. The van der Waals surface area contributed by atoms with Crippen LogP contribution in [0.15, 0.2) is 79.4 Å². The van der Waals surface area contributed by atoms with Crippen LogP contribution in [0.5, 0.6) is 11.5 Å². The fourth-order valence-electron chi connectivity index (χ4n) is 2.61. The summed E-state index contributed by atoms with van der Waals surface area (Å²) in [4.78, 5) is 12.2. The van der Waals surface area contributed by atoms with Crippen molar-refractivity contribution in [2.75, 3.05) is 19.8 Å². The second-order valence-corrected chi connectivity index (χ2v) is 5.71. The van der Waals surface area contributed by atoms with Crippen molar-refractivity contribution < 1.29 is 14.3 Å². The molecule has 3 aromatic rings. The van der Waals surface area contributed by atoms with E-state index in [4.69, 9.17) is 9.47 Å². The zero-order valence-corrected chi connectivity index (χ0v) is 14.5. The van der Waals surface area contributed by atoms with Crippen LogP contribution in [-0.4, -0.2) is 25.7 Å². The molecule has 0 saturated carbocycles. The van der Waals surface area contributed by atoms with Gasteiger partial charge in [0.1, 0.15) is 24.7 Å². The van der Waals surface area contributed by atoms with Gasteiger partial charge in [-0.1, -0.05) is 49.1 Å². The van der Waals surface area contributed by atoms with Gasteiger partial charge in [0.25, 0.3) is 5.91 Å². The van der Waals surface area contributed by atoms with Crippen molar-refractivity contribution in [1.82, 2.24) is 5.32 Å². The fourth-order valence-corrected chi connectivity index (χ4v) is 2.61. The number of benzene rings is 3. The molecule has 0 aliphatic carbocycles. The molecule has 4 heteroatoms. The lowest BCUT2D eigenvalue weighted by Gasteiger charge is -2.10. The highest BCUT2D eigenvalue weighted by atomic mass is 16.5. The molecule has 0 unspecified atom stereocenters. The third-order valence-corrected chi connectivity index (χ3v) is 3.88. The van der Waals surface area contributed by atoms with Crippen LogP contribution < -0.4 is 14.8 Å². The molecule has 0 aromatic heterocycles. The second kappa shape index (κ2) is 8.72. The van der Waals surface area contributed by atoms with Gasteiger partial charge in [0.2, 0.25) is 0 Å². The predicted molar refractivity (Wildman–Crippen MR) is 104 cm³/mol. The maximum absolute atomic E-state index is 12.2. The molecular formula is C22H21NO3. The summed E-state index contributed by atoms with van der Waals surface area (Å²) in [5.74, 6) is 1.39. The average Bonchev–Trinajstić information content (AvgIpc) is 2.70. The summed E-state index contributed by atoms with van der Waals surface area (Å²) in [6, 6.07) is 21.0. The molecule has 26 heavy (non-hydrogen) atoms. The molecule has 0 saturated heterocycles. The summed E-state index contributed by atoms with van der Waals surface area (Å²) >= 11 is 0. The number of fused-ring (bicyclic) bond motifs is 1. The Labute approximate surface area is 153 Å². The molecule has 1 amide bonds. The van der Waals surface area contributed by atoms with Crippen molar-refractivity contribution >= 4 is 16.7 Å². The van der Waals surface area contributed by atoms with E-state index in [1.165, 1.54) is 0 Å². The highest BCUT2D eigenvalue weighted by Crippen LogP contribution is 2.24. The van der Waals surface area contributed by atoms with E-state index >= 15 is 0 Å². The number of hydrogen-bond acceptors (Lipinski definition) is 3. The number of carbonyl (C=O) groups is 1. The van der Waals surface area contributed by atoms with E-state index in [1.807, 2.05) is 42.5 Å². The van der Waals surface area contributed by atoms with Crippen LogP contribution in [0, 0.1) is 0 Å². The smallest absolute Gasteiger partial charge is 0.251 e. The van der Waals surface area contributed by atoms with Gasteiger partial charge in [0, 0.05) is 10.9 Å². The van der Waals surface area contributed by atoms with E-state index in [-0.39, 0.29) is 5.91 Å². The van der Waals surface area contributed by atoms with E-state index in [9.17, 15) is 4.79 Å². The van der Waals surface area contributed by atoms with Crippen LogP contribution >= 0.6 is 0 Å². The zero-order valence-electron chi connectivity index (χ0n) is 14.5. The fraction of sp³-hybridized carbons (Fsp3) is 0.136. The van der Waals surface area contributed by atoms with Crippen molar-refractivity contribution in [2.24, 2.45) is 0 Å². The van der Waals surface area contributed by atoms with Crippen LogP contribution in [0.25, 0.3) is 10.8 Å². The lowest BCUT2D eigenvalue weighted by molar-refractivity contribution is 0.0947. The Bertz CT molecular complexity index is 882. The summed E-state index contributed by atoms with van der Waals surface area (Å²) < 4.78 is 11.2. The number of rotatable bonds is 8. The van der Waals surface area contributed by atoms with Crippen molar-refractivity contribution in [2.45, 2.75) is 0 Å². The first-order chi connectivity index (χ1) is 12.8. The molecule has 0 aliphatic heterocycles. The van der Waals surface area contributed by atoms with Gasteiger partial charge in [-0.2, -0.15) is 0 Å². The lowest BCUT2D eigenvalue weighted by atomic mass is 10.1. The van der Waals surface area contributed by atoms with Crippen molar-refractivity contribution in [3.8, 4) is 11.5 Å². The van der Waals surface area contributed by atoms with E-state index in [2.05, 4.69) is 11.9 Å². The molecular weight excluding hydrogens is 326 g/mol. The van der Waals surface area contributed by atoms with Gasteiger partial charge in [0.05, 0.1) is 6.54 Å². The first-order valence-electron chi connectivity index (χ1n) is 8.50. The predicted octanol–water partition coefficient (Wildman–Crippen LogP) is 4.21. The molecule has 0 aliphatic rings. The SMILES string of the molecule is C=CCOc1ccc(C(=O)NCCOc2cccc3ccccc23)cc1. The van der Waals surface area contributed by atoms with Gasteiger partial charge in [-0.25, -0.2) is 0 Å². The molecule has 0 atom stereocenters. The quantitative estimate of drug-likeness (QED) is 0.490. The molecule has 0 fully saturated rings. The average molecular weight is 347 g/mol. The minimum atomic E-state index is -0.137. The van der Waals surface area contributed by atoms with Gasteiger partial charge in [-0.05, 0) is 35.7 Å². The molecule has 1 N–H and O–H groups in total.